The Labute approximate surface area is 76.9 Å². The molecule has 0 amide bonds. The van der Waals surface area contributed by atoms with Gasteiger partial charge in [-0.3, -0.25) is 4.79 Å². The van der Waals surface area contributed by atoms with Crippen molar-refractivity contribution in [3.8, 4) is 0 Å². The summed E-state index contributed by atoms with van der Waals surface area (Å²) in [6, 6.07) is 0. The van der Waals surface area contributed by atoms with Crippen LogP contribution in [-0.2, 0) is 4.79 Å². The van der Waals surface area contributed by atoms with E-state index < -0.39 is 5.97 Å². The number of thioether (sulfide) groups is 1. The van der Waals surface area contributed by atoms with E-state index >= 15 is 0 Å². The molecule has 2 N–H and O–H groups in total. The van der Waals surface area contributed by atoms with E-state index in [4.69, 9.17) is 5.11 Å². The average molecular weight is 189 g/mol. The fourth-order valence-corrected chi connectivity index (χ4v) is 2.55. The third kappa shape index (κ3) is 2.38. The predicted octanol–water partition coefficient (Wildman–Crippen LogP) is 0.946. The number of rotatable bonds is 5. The lowest BCUT2D eigenvalue weighted by Gasteiger charge is -2.41. The molecule has 0 radical (unpaired) electrons. The Balaban J connectivity index is 2.34. The van der Waals surface area contributed by atoms with Crippen LogP contribution in [0.4, 0.5) is 0 Å². The van der Waals surface area contributed by atoms with Gasteiger partial charge in [0, 0.05) is 13.1 Å². The van der Waals surface area contributed by atoms with E-state index in [1.807, 2.05) is 0 Å². The summed E-state index contributed by atoms with van der Waals surface area (Å²) >= 11 is 1.80. The molecule has 1 saturated heterocycles. The molecule has 1 aliphatic rings. The minimum Gasteiger partial charge on any atom is -0.481 e. The zero-order valence-corrected chi connectivity index (χ0v) is 8.12. The predicted molar refractivity (Wildman–Crippen MR) is 50.6 cm³/mol. The quantitative estimate of drug-likeness (QED) is 0.676. The molecule has 0 unspecified atom stereocenters. The SMILES string of the molecule is CCCSC1(CC(=O)O)CNC1. The van der Waals surface area contributed by atoms with Gasteiger partial charge in [-0.2, -0.15) is 11.8 Å². The zero-order valence-electron chi connectivity index (χ0n) is 7.30. The Hall–Kier alpha value is -0.220. The molecule has 0 aliphatic carbocycles. The summed E-state index contributed by atoms with van der Waals surface area (Å²) in [5, 5.41) is 11.8. The Morgan fingerprint density at radius 1 is 1.67 bits per heavy atom. The Kier molecular flexibility index (Phi) is 3.40. The summed E-state index contributed by atoms with van der Waals surface area (Å²) in [4.78, 5) is 10.5. The highest BCUT2D eigenvalue weighted by Crippen LogP contribution is 2.33. The van der Waals surface area contributed by atoms with E-state index in [2.05, 4.69) is 12.2 Å². The van der Waals surface area contributed by atoms with Gasteiger partial charge in [-0.1, -0.05) is 6.92 Å². The fraction of sp³-hybridized carbons (Fsp3) is 0.875. The molecule has 1 aliphatic heterocycles. The maximum absolute atomic E-state index is 10.5. The molecule has 12 heavy (non-hydrogen) atoms. The summed E-state index contributed by atoms with van der Waals surface area (Å²) in [5.41, 5.74) is 0. The minimum atomic E-state index is -0.680. The van der Waals surface area contributed by atoms with Gasteiger partial charge in [0.25, 0.3) is 0 Å². The van der Waals surface area contributed by atoms with Crippen molar-refractivity contribution < 1.29 is 9.90 Å². The van der Waals surface area contributed by atoms with Gasteiger partial charge in [0.05, 0.1) is 11.2 Å². The van der Waals surface area contributed by atoms with E-state index in [0.29, 0.717) is 6.42 Å². The number of carbonyl (C=O) groups is 1. The van der Waals surface area contributed by atoms with Gasteiger partial charge in [-0.05, 0) is 12.2 Å². The number of carboxylic acids is 1. The van der Waals surface area contributed by atoms with Crippen molar-refractivity contribution in [3.05, 3.63) is 0 Å². The van der Waals surface area contributed by atoms with Gasteiger partial charge in [0.1, 0.15) is 0 Å². The molecule has 0 atom stereocenters. The number of carboxylic acid groups (broad SMARTS) is 1. The molecule has 0 bridgehead atoms. The van der Waals surface area contributed by atoms with Crippen LogP contribution in [0, 0.1) is 0 Å². The van der Waals surface area contributed by atoms with Crippen molar-refractivity contribution in [1.82, 2.24) is 5.32 Å². The van der Waals surface area contributed by atoms with E-state index in [9.17, 15) is 4.79 Å². The summed E-state index contributed by atoms with van der Waals surface area (Å²) in [6.45, 7) is 3.82. The smallest absolute Gasteiger partial charge is 0.304 e. The van der Waals surface area contributed by atoms with Gasteiger partial charge in [-0.25, -0.2) is 0 Å². The molecule has 1 fully saturated rings. The van der Waals surface area contributed by atoms with Crippen molar-refractivity contribution in [3.63, 3.8) is 0 Å². The second-order valence-corrected chi connectivity index (χ2v) is 4.77. The zero-order chi connectivity index (χ0) is 9.03. The van der Waals surface area contributed by atoms with Crippen LogP contribution in [0.5, 0.6) is 0 Å². The van der Waals surface area contributed by atoms with Crippen molar-refractivity contribution in [2.24, 2.45) is 0 Å². The highest BCUT2D eigenvalue weighted by Gasteiger charge is 2.39. The van der Waals surface area contributed by atoms with Gasteiger partial charge >= 0.3 is 5.97 Å². The second-order valence-electron chi connectivity index (χ2n) is 3.21. The monoisotopic (exact) mass is 189 g/mol. The van der Waals surface area contributed by atoms with Crippen LogP contribution in [-0.4, -0.2) is 34.7 Å². The Morgan fingerprint density at radius 2 is 2.33 bits per heavy atom. The third-order valence-electron chi connectivity index (χ3n) is 1.98. The summed E-state index contributed by atoms with van der Waals surface area (Å²) in [5.74, 6) is 0.384. The van der Waals surface area contributed by atoms with Crippen LogP contribution in [0.25, 0.3) is 0 Å². The maximum atomic E-state index is 10.5. The fourth-order valence-electron chi connectivity index (χ4n) is 1.28. The Bertz CT molecular complexity index is 168. The summed E-state index contributed by atoms with van der Waals surface area (Å²) in [7, 11) is 0. The third-order valence-corrected chi connectivity index (χ3v) is 3.64. The molecule has 4 heteroatoms. The molecule has 1 rings (SSSR count). The van der Waals surface area contributed by atoms with E-state index in [0.717, 1.165) is 25.3 Å². The highest BCUT2D eigenvalue weighted by atomic mass is 32.2. The van der Waals surface area contributed by atoms with Gasteiger partial charge in [0.2, 0.25) is 0 Å². The molecule has 3 nitrogen and oxygen atoms in total. The van der Waals surface area contributed by atoms with Crippen LogP contribution in [0.15, 0.2) is 0 Å². The van der Waals surface area contributed by atoms with Crippen molar-refractivity contribution in [1.29, 1.82) is 0 Å². The van der Waals surface area contributed by atoms with Crippen LogP contribution in [0.1, 0.15) is 19.8 Å². The van der Waals surface area contributed by atoms with Crippen molar-refractivity contribution in [2.45, 2.75) is 24.5 Å². The van der Waals surface area contributed by atoms with E-state index in [-0.39, 0.29) is 4.75 Å². The normalized spacial score (nSPS) is 20.1. The number of hydrogen-bond donors (Lipinski definition) is 2. The van der Waals surface area contributed by atoms with Crippen LogP contribution >= 0.6 is 11.8 Å². The maximum Gasteiger partial charge on any atom is 0.304 e. The van der Waals surface area contributed by atoms with Crippen molar-refractivity contribution in [2.75, 3.05) is 18.8 Å². The highest BCUT2D eigenvalue weighted by molar-refractivity contribution is 8.00. The van der Waals surface area contributed by atoms with Crippen LogP contribution in [0.3, 0.4) is 0 Å². The molecule has 70 valence electrons. The average Bonchev–Trinajstić information content (AvgIpc) is 1.94. The summed E-state index contributed by atoms with van der Waals surface area (Å²) in [6.07, 6.45) is 1.41. The summed E-state index contributed by atoms with van der Waals surface area (Å²) < 4.78 is 0.00183. The van der Waals surface area contributed by atoms with E-state index in [1.165, 1.54) is 0 Å². The molecule has 0 aromatic heterocycles. The lowest BCUT2D eigenvalue weighted by molar-refractivity contribution is -0.138. The van der Waals surface area contributed by atoms with Gasteiger partial charge in [0.15, 0.2) is 0 Å². The molecule has 0 saturated carbocycles. The molecule has 0 aromatic rings. The lowest BCUT2D eigenvalue weighted by Crippen LogP contribution is -2.58. The molecular formula is C8H15NO2S. The first-order chi connectivity index (χ1) is 5.68. The van der Waals surface area contributed by atoms with Crippen LogP contribution < -0.4 is 5.32 Å². The first kappa shape index (κ1) is 9.86. The molecule has 0 spiro atoms. The topological polar surface area (TPSA) is 49.3 Å². The largest absolute Gasteiger partial charge is 0.481 e. The molecular weight excluding hydrogens is 174 g/mol. The first-order valence-electron chi connectivity index (χ1n) is 4.25. The second kappa shape index (κ2) is 4.14. The van der Waals surface area contributed by atoms with Crippen molar-refractivity contribution >= 4 is 17.7 Å². The lowest BCUT2D eigenvalue weighted by atomic mass is 9.98. The van der Waals surface area contributed by atoms with Gasteiger partial charge in [-0.15, -0.1) is 0 Å². The first-order valence-corrected chi connectivity index (χ1v) is 5.23. The van der Waals surface area contributed by atoms with E-state index in [1.54, 1.807) is 11.8 Å². The van der Waals surface area contributed by atoms with Crippen LogP contribution in [0.2, 0.25) is 0 Å². The Morgan fingerprint density at radius 3 is 2.67 bits per heavy atom. The number of aliphatic carboxylic acids is 1. The number of nitrogens with one attached hydrogen (secondary N) is 1. The standard InChI is InChI=1S/C8H15NO2S/c1-2-3-12-8(4-7(10)11)5-9-6-8/h9H,2-6H2,1H3,(H,10,11). The molecule has 0 aromatic carbocycles. The minimum absolute atomic E-state index is 0.00183. The number of hydrogen-bond acceptors (Lipinski definition) is 3. The van der Waals surface area contributed by atoms with Gasteiger partial charge < -0.3 is 10.4 Å². The molecule has 1 heterocycles.